The van der Waals surface area contributed by atoms with Gasteiger partial charge in [0.2, 0.25) is 5.91 Å². The fourth-order valence-corrected chi connectivity index (χ4v) is 7.57. The van der Waals surface area contributed by atoms with Crippen molar-refractivity contribution in [2.75, 3.05) is 12.4 Å². The van der Waals surface area contributed by atoms with Crippen molar-refractivity contribution in [1.82, 2.24) is 5.32 Å². The summed E-state index contributed by atoms with van der Waals surface area (Å²) < 4.78 is 106. The lowest BCUT2D eigenvalue weighted by atomic mass is 9.83. The minimum atomic E-state index is -10.4. The summed E-state index contributed by atoms with van der Waals surface area (Å²) in [5, 5.41) is 14.1. The molecule has 8 nitrogen and oxygen atoms in total. The summed E-state index contributed by atoms with van der Waals surface area (Å²) >= 11 is 0. The van der Waals surface area contributed by atoms with Crippen LogP contribution < -0.4 is 20.1 Å². The number of amides is 2. The molecule has 0 radical (unpaired) electrons. The Bertz CT molecular complexity index is 1530. The Morgan fingerprint density at radius 2 is 1.53 bits per heavy atom. The molecule has 2 bridgehead atoms. The number of halogens is 7. The summed E-state index contributed by atoms with van der Waals surface area (Å²) in [6, 6.07) is 2.09. The van der Waals surface area contributed by atoms with E-state index in [0.29, 0.717) is 44.9 Å². The molecule has 3 saturated carbocycles. The normalized spacial score (nSPS) is 27.6. The Labute approximate surface area is 253 Å². The number of carbonyl (C=O) groups is 3. The molecule has 2 aromatic carbocycles. The third kappa shape index (κ3) is 6.94. The molecule has 3 aliphatic rings. The molecule has 4 atom stereocenters. The Morgan fingerprint density at radius 3 is 2.16 bits per heavy atom. The van der Waals surface area contributed by atoms with Crippen LogP contribution in [0.2, 0.25) is 0 Å². The molecule has 0 aliphatic heterocycles. The molecule has 0 saturated heterocycles. The fraction of sp³-hybridized carbons (Fsp3) is 0.483. The second-order valence-corrected chi connectivity index (χ2v) is 14.3. The number of benzene rings is 2. The van der Waals surface area contributed by atoms with Gasteiger partial charge in [0.05, 0.1) is 30.6 Å². The number of ether oxygens (including phenoxy) is 2. The smallest absolute Gasteiger partial charge is 0.313 e. The van der Waals surface area contributed by atoms with Gasteiger partial charge in [0, 0.05) is 17.8 Å². The molecule has 2 amide bonds. The van der Waals surface area contributed by atoms with Gasteiger partial charge in [0.15, 0.2) is 11.6 Å². The van der Waals surface area contributed by atoms with E-state index >= 15 is 0 Å². The Balaban J connectivity index is 1.34. The van der Waals surface area contributed by atoms with Crippen molar-refractivity contribution >= 4 is 33.7 Å². The zero-order chi connectivity index (χ0) is 33.0. The van der Waals surface area contributed by atoms with Gasteiger partial charge in [-0.2, -0.15) is 0 Å². The van der Waals surface area contributed by atoms with Crippen LogP contribution in [0.25, 0.3) is 0 Å². The average Bonchev–Trinajstić information content (AvgIpc) is 3.56. The van der Waals surface area contributed by atoms with E-state index in [1.54, 1.807) is 0 Å². The zero-order valence-electron chi connectivity index (χ0n) is 23.8. The number of hydrogen-bond acceptors (Lipinski definition) is 5. The zero-order valence-corrected chi connectivity index (χ0v) is 24.7. The first-order valence-electron chi connectivity index (χ1n) is 14.3. The standard InChI is InChI=1S/C29H31F7N2O6S/c1-43-22-13-21(31)23(44-18-7-4-14(5-8-18)29(41)42)12-19(22)27(39)38-26-16-3-2-15(10-16)25(26)28(40)37-17-6-9-20(30)24(11-17)45(32,33,34,35)36/h6,9,11-16,18,25-26H,2-5,7-8,10H2,1H3,(H,37,40)(H,38,39)(H,41,42)/t14-,15-,16+,18+,25+,26-/m1/s1. The van der Waals surface area contributed by atoms with Crippen molar-refractivity contribution in [1.29, 1.82) is 0 Å². The van der Waals surface area contributed by atoms with Crippen LogP contribution in [0, 0.1) is 35.3 Å². The van der Waals surface area contributed by atoms with Crippen LogP contribution in [-0.2, 0) is 9.59 Å². The first-order chi connectivity index (χ1) is 20.8. The summed E-state index contributed by atoms with van der Waals surface area (Å²) in [7, 11) is -9.18. The van der Waals surface area contributed by atoms with Crippen molar-refractivity contribution in [3.8, 4) is 11.5 Å². The summed E-state index contributed by atoms with van der Waals surface area (Å²) in [6.45, 7) is 0. The highest BCUT2D eigenvalue weighted by Crippen LogP contribution is 3.02. The van der Waals surface area contributed by atoms with E-state index in [4.69, 9.17) is 9.47 Å². The highest BCUT2D eigenvalue weighted by atomic mass is 32.5. The van der Waals surface area contributed by atoms with Crippen molar-refractivity contribution in [2.24, 2.45) is 23.7 Å². The number of aliphatic carboxylic acids is 1. The summed E-state index contributed by atoms with van der Waals surface area (Å²) in [4.78, 5) is 35.3. The molecule has 2 aromatic rings. The predicted molar refractivity (Wildman–Crippen MR) is 149 cm³/mol. The van der Waals surface area contributed by atoms with Gasteiger partial charge in [0.1, 0.15) is 16.5 Å². The number of carboxylic acids is 1. The number of nitrogens with one attached hydrogen (secondary N) is 2. The topological polar surface area (TPSA) is 114 Å². The van der Waals surface area contributed by atoms with Gasteiger partial charge in [-0.15, -0.1) is 0 Å². The van der Waals surface area contributed by atoms with Crippen molar-refractivity contribution in [3.63, 3.8) is 0 Å². The van der Waals surface area contributed by atoms with Gasteiger partial charge >= 0.3 is 16.2 Å². The van der Waals surface area contributed by atoms with Crippen LogP contribution >= 0.6 is 10.2 Å². The van der Waals surface area contributed by atoms with Crippen LogP contribution in [0.15, 0.2) is 35.2 Å². The predicted octanol–water partition coefficient (Wildman–Crippen LogP) is 7.44. The number of rotatable bonds is 9. The number of fused-ring (bicyclic) bond motifs is 2. The third-order valence-corrected chi connectivity index (χ3v) is 10.1. The molecule has 0 aromatic heterocycles. The lowest BCUT2D eigenvalue weighted by Crippen LogP contribution is -2.48. The summed E-state index contributed by atoms with van der Waals surface area (Å²) in [6.07, 6.45) is 2.67. The molecule has 0 spiro atoms. The van der Waals surface area contributed by atoms with E-state index in [2.05, 4.69) is 10.6 Å². The van der Waals surface area contributed by atoms with Gasteiger partial charge in [0.25, 0.3) is 5.91 Å². The van der Waals surface area contributed by atoms with E-state index < -0.39 is 74.2 Å². The maximum Gasteiger partial charge on any atom is 0.313 e. The molecular formula is C29H31F7N2O6S. The Morgan fingerprint density at radius 1 is 0.867 bits per heavy atom. The SMILES string of the molecule is COc1cc(F)c(O[C@H]2CC[C@@H](C(=O)O)CC2)cc1C(=O)N[C@@H]1[C@H]2CC[C@H](C2)[C@@H]1C(=O)Nc1ccc(F)c(S(F)(F)(F)(F)F)c1. The number of anilines is 1. The van der Waals surface area contributed by atoms with Gasteiger partial charge in [-0.25, -0.2) is 8.78 Å². The number of carbonyl (C=O) groups excluding carboxylic acids is 2. The van der Waals surface area contributed by atoms with Gasteiger partial charge in [-0.3, -0.25) is 14.4 Å². The minimum Gasteiger partial charge on any atom is -0.496 e. The van der Waals surface area contributed by atoms with Crippen LogP contribution in [0.5, 0.6) is 11.5 Å². The molecular weight excluding hydrogens is 637 g/mol. The Kier molecular flexibility index (Phi) is 7.98. The molecule has 3 N–H and O–H groups in total. The first kappa shape index (κ1) is 32.7. The highest BCUT2D eigenvalue weighted by molar-refractivity contribution is 8.45. The fourth-order valence-electron chi connectivity index (χ4n) is 6.79. The number of methoxy groups -OCH3 is 1. The molecule has 248 valence electrons. The van der Waals surface area contributed by atoms with Crippen LogP contribution in [-0.4, -0.2) is 42.1 Å². The van der Waals surface area contributed by atoms with E-state index in [9.17, 15) is 47.7 Å². The lowest BCUT2D eigenvalue weighted by Gasteiger charge is -2.40. The van der Waals surface area contributed by atoms with Crippen LogP contribution in [0.3, 0.4) is 0 Å². The van der Waals surface area contributed by atoms with E-state index in [0.717, 1.165) is 18.2 Å². The van der Waals surface area contributed by atoms with E-state index in [1.807, 2.05) is 0 Å². The third-order valence-electron chi connectivity index (χ3n) is 8.95. The quantitative estimate of drug-likeness (QED) is 0.240. The van der Waals surface area contributed by atoms with Gasteiger partial charge in [-0.1, -0.05) is 19.4 Å². The van der Waals surface area contributed by atoms with E-state index in [1.165, 1.54) is 7.11 Å². The highest BCUT2D eigenvalue weighted by Gasteiger charge is 2.67. The lowest BCUT2D eigenvalue weighted by molar-refractivity contribution is -0.143. The number of hydrogen-bond donors (Lipinski definition) is 3. The average molecular weight is 669 g/mol. The largest absolute Gasteiger partial charge is 0.496 e. The first-order valence-corrected chi connectivity index (χ1v) is 16.2. The molecule has 3 fully saturated rings. The van der Waals surface area contributed by atoms with Crippen molar-refractivity contribution in [2.45, 2.75) is 62.0 Å². The van der Waals surface area contributed by atoms with Crippen molar-refractivity contribution in [3.05, 3.63) is 47.5 Å². The monoisotopic (exact) mass is 668 g/mol. The second kappa shape index (κ2) is 11.0. The minimum absolute atomic E-state index is 0.117. The summed E-state index contributed by atoms with van der Waals surface area (Å²) in [5.74, 6) is -7.80. The maximum atomic E-state index is 14.9. The molecule has 5 rings (SSSR count). The maximum absolute atomic E-state index is 14.9. The van der Waals surface area contributed by atoms with Gasteiger partial charge < -0.3 is 25.2 Å². The van der Waals surface area contributed by atoms with Crippen LogP contribution in [0.4, 0.5) is 33.9 Å². The summed E-state index contributed by atoms with van der Waals surface area (Å²) in [5.41, 5.74) is -0.800. The molecule has 0 unspecified atom stereocenters. The Hall–Kier alpha value is -3.69. The second-order valence-electron chi connectivity index (χ2n) is 11.9. The van der Waals surface area contributed by atoms with Crippen molar-refractivity contribution < 1.29 is 57.2 Å². The van der Waals surface area contributed by atoms with Crippen LogP contribution in [0.1, 0.15) is 55.3 Å². The van der Waals surface area contributed by atoms with E-state index in [-0.39, 0.29) is 41.0 Å². The molecule has 45 heavy (non-hydrogen) atoms. The molecule has 0 heterocycles. The number of carboxylic acid groups (broad SMARTS) is 1. The molecule has 16 heteroatoms. The van der Waals surface area contributed by atoms with Gasteiger partial charge in [-0.05, 0) is 81.0 Å². The molecule has 3 aliphatic carbocycles.